The first kappa shape index (κ1) is 46.8. The fourth-order valence-corrected chi connectivity index (χ4v) is 5.56. The van der Waals surface area contributed by atoms with Gasteiger partial charge in [0.15, 0.2) is 0 Å². The fourth-order valence-electron chi connectivity index (χ4n) is 5.23. The Morgan fingerprint density at radius 1 is 0.750 bits per heavy atom. The minimum Gasteiger partial charge on any atom is -0.444 e. The molecule has 2 amide bonds. The third-order valence-corrected chi connectivity index (χ3v) is 8.52. The van der Waals surface area contributed by atoms with Gasteiger partial charge in [0.25, 0.3) is 0 Å². The molecule has 0 radical (unpaired) electrons. The summed E-state index contributed by atoms with van der Waals surface area (Å²) in [5.41, 5.74) is -0.836. The molecule has 3 saturated heterocycles. The number of alkyl halides is 1. The number of carbonyl (C=O) groups is 2. The van der Waals surface area contributed by atoms with Gasteiger partial charge in [-0.15, -0.1) is 0 Å². The molecule has 1 N–H and O–H groups in total. The number of hydrogen-bond donors (Lipinski definition) is 1. The Balaban J connectivity index is 0.000000659. The van der Waals surface area contributed by atoms with Gasteiger partial charge in [0.05, 0.1) is 19.8 Å². The normalized spacial score (nSPS) is 21.2. The molecule has 3 unspecified atom stereocenters. The van der Waals surface area contributed by atoms with Crippen molar-refractivity contribution < 1.29 is 33.3 Å². The Bertz CT molecular complexity index is 835. The van der Waals surface area contributed by atoms with Crippen LogP contribution in [0.15, 0.2) is 0 Å². The third-order valence-electron chi connectivity index (χ3n) is 8.19. The van der Waals surface area contributed by atoms with Crippen LogP contribution in [0.5, 0.6) is 0 Å². The number of methoxy groups -OCH3 is 3. The summed E-state index contributed by atoms with van der Waals surface area (Å²) in [6.45, 7) is 24.4. The van der Waals surface area contributed by atoms with Crippen LogP contribution in [0.2, 0.25) is 0 Å². The van der Waals surface area contributed by atoms with Gasteiger partial charge in [0.2, 0.25) is 0 Å². The molecule has 0 aromatic carbocycles. The maximum atomic E-state index is 11.9. The molecule has 3 aliphatic rings. The highest BCUT2D eigenvalue weighted by Crippen LogP contribution is 2.19. The van der Waals surface area contributed by atoms with Crippen LogP contribution >= 0.6 is 15.9 Å². The first-order valence-corrected chi connectivity index (χ1v) is 18.7. The molecule has 0 saturated carbocycles. The second kappa shape index (κ2) is 25.7. The van der Waals surface area contributed by atoms with E-state index in [0.29, 0.717) is 0 Å². The van der Waals surface area contributed by atoms with Crippen molar-refractivity contribution >= 4 is 28.1 Å². The van der Waals surface area contributed by atoms with E-state index >= 15 is 0 Å². The van der Waals surface area contributed by atoms with E-state index in [2.05, 4.69) is 42.7 Å². The number of hydrogen-bond acceptors (Lipinski definition) is 10. The van der Waals surface area contributed by atoms with Crippen LogP contribution in [-0.4, -0.2) is 168 Å². The molecule has 3 heterocycles. The van der Waals surface area contributed by atoms with Crippen LogP contribution in [0.25, 0.3) is 0 Å². The van der Waals surface area contributed by atoms with E-state index in [4.69, 9.17) is 18.9 Å². The smallest absolute Gasteiger partial charge is 0.410 e. The molecule has 0 aromatic heterocycles. The van der Waals surface area contributed by atoms with E-state index in [1.54, 1.807) is 38.2 Å². The molecule has 3 aliphatic heterocycles. The highest BCUT2D eigenvalue weighted by atomic mass is 79.9. The minimum atomic E-state index is -0.431. The minimum absolute atomic E-state index is 0.230. The van der Waals surface area contributed by atoms with Crippen molar-refractivity contribution in [2.45, 2.75) is 97.4 Å². The number of nitrogens with zero attached hydrogens (tertiary/aromatic N) is 4. The van der Waals surface area contributed by atoms with Crippen LogP contribution in [-0.2, 0) is 23.7 Å². The lowest BCUT2D eigenvalue weighted by atomic mass is 10.1. The molecule has 12 nitrogen and oxygen atoms in total. The van der Waals surface area contributed by atoms with Gasteiger partial charge in [0, 0.05) is 92.1 Å². The monoisotopic (exact) mass is 753 g/mol. The van der Waals surface area contributed by atoms with Crippen LogP contribution in [0.3, 0.4) is 0 Å². The second-order valence-corrected chi connectivity index (χ2v) is 15.4. The topological polar surface area (TPSA) is 105 Å². The Hall–Kier alpha value is -1.22. The quantitative estimate of drug-likeness (QED) is 0.284. The van der Waals surface area contributed by atoms with E-state index in [0.717, 1.165) is 83.2 Å². The number of likely N-dealkylation sites (N-methyl/N-ethyl adjacent to an activating group) is 2. The van der Waals surface area contributed by atoms with E-state index in [9.17, 15) is 9.59 Å². The van der Waals surface area contributed by atoms with E-state index in [1.807, 2.05) is 48.6 Å². The predicted octanol–water partition coefficient (Wildman–Crippen LogP) is 5.18. The Morgan fingerprint density at radius 3 is 1.60 bits per heavy atom. The zero-order valence-electron chi connectivity index (χ0n) is 32.6. The molecule has 0 bridgehead atoms. The van der Waals surface area contributed by atoms with Gasteiger partial charge in [-0.25, -0.2) is 9.59 Å². The lowest BCUT2D eigenvalue weighted by molar-refractivity contribution is 0.0220. The summed E-state index contributed by atoms with van der Waals surface area (Å²) in [5.74, 6) is 0.951. The molecular formula is C35H72BrN5O7. The summed E-state index contributed by atoms with van der Waals surface area (Å²) in [6.07, 6.45) is 4.27. The molecule has 13 heteroatoms. The summed E-state index contributed by atoms with van der Waals surface area (Å²) in [4.78, 5) is 31.8. The van der Waals surface area contributed by atoms with Crippen LogP contribution < -0.4 is 5.32 Å². The highest BCUT2D eigenvalue weighted by Gasteiger charge is 2.31. The van der Waals surface area contributed by atoms with Gasteiger partial charge < -0.3 is 43.7 Å². The van der Waals surface area contributed by atoms with Crippen molar-refractivity contribution in [2.75, 3.05) is 113 Å². The molecule has 0 spiro atoms. The van der Waals surface area contributed by atoms with Crippen molar-refractivity contribution in [3.8, 4) is 0 Å². The zero-order chi connectivity index (χ0) is 36.8. The second-order valence-electron chi connectivity index (χ2n) is 14.6. The summed E-state index contributed by atoms with van der Waals surface area (Å²) in [6, 6.07) is 0.529. The fraction of sp³-hybridized carbons (Fsp3) is 0.943. The Labute approximate surface area is 301 Å². The van der Waals surface area contributed by atoms with Crippen molar-refractivity contribution in [1.29, 1.82) is 0 Å². The van der Waals surface area contributed by atoms with E-state index in [1.165, 1.54) is 25.9 Å². The van der Waals surface area contributed by atoms with Crippen molar-refractivity contribution in [2.24, 2.45) is 5.92 Å². The molecule has 3 fully saturated rings. The van der Waals surface area contributed by atoms with Gasteiger partial charge >= 0.3 is 12.2 Å². The van der Waals surface area contributed by atoms with E-state index in [-0.39, 0.29) is 24.3 Å². The number of ether oxygens (including phenoxy) is 5. The molecule has 286 valence electrons. The van der Waals surface area contributed by atoms with Gasteiger partial charge in [0.1, 0.15) is 11.2 Å². The summed E-state index contributed by atoms with van der Waals surface area (Å²) in [5, 5.41) is 4.16. The Kier molecular flexibility index (Phi) is 25.0. The zero-order valence-corrected chi connectivity index (χ0v) is 34.2. The van der Waals surface area contributed by atoms with E-state index < -0.39 is 11.2 Å². The lowest BCUT2D eigenvalue weighted by Gasteiger charge is -2.28. The number of carbonyl (C=O) groups excluding carboxylic acids is 2. The summed E-state index contributed by atoms with van der Waals surface area (Å²) < 4.78 is 25.4. The van der Waals surface area contributed by atoms with Crippen molar-refractivity contribution in [3.63, 3.8) is 0 Å². The average Bonchev–Trinajstić information content (AvgIpc) is 3.80. The van der Waals surface area contributed by atoms with Crippen molar-refractivity contribution in [1.82, 2.24) is 24.9 Å². The number of rotatable bonds is 11. The molecule has 3 atom stereocenters. The standard InChI is InChI=1S/C13H26N2O3.C10H20N2O2.C9H19NO.C3H7BrO/c1-13(2,3)18-12(16)14(4)11-6-7-15(10-11)8-9-17-5;1-10(2,3)14-9(13)12(4)8-5-6-11-7-8;1-3-9-4-5-10(8-9)6-7-11-2;1-5-3-2-4/h11H,6-10H2,1-5H3;8,11H,5-7H2,1-4H3;9H,3-8H2,1-2H3;2-3H2,1H3. The van der Waals surface area contributed by atoms with Crippen molar-refractivity contribution in [3.05, 3.63) is 0 Å². The molecule has 3 rings (SSSR count). The van der Waals surface area contributed by atoms with Crippen LogP contribution in [0, 0.1) is 5.92 Å². The number of likely N-dealkylation sites (tertiary alicyclic amines) is 2. The summed E-state index contributed by atoms with van der Waals surface area (Å²) in [7, 11) is 8.78. The molecular weight excluding hydrogens is 682 g/mol. The Morgan fingerprint density at radius 2 is 1.23 bits per heavy atom. The van der Waals surface area contributed by atoms with Crippen LogP contribution in [0.1, 0.15) is 74.1 Å². The third kappa shape index (κ3) is 22.5. The summed E-state index contributed by atoms with van der Waals surface area (Å²) >= 11 is 3.18. The number of halogens is 1. The first-order chi connectivity index (χ1) is 22.5. The van der Waals surface area contributed by atoms with Gasteiger partial charge in [-0.1, -0.05) is 29.3 Å². The average molecular weight is 755 g/mol. The molecule has 48 heavy (non-hydrogen) atoms. The lowest BCUT2D eigenvalue weighted by Crippen LogP contribution is -2.42. The maximum Gasteiger partial charge on any atom is 0.410 e. The number of nitrogens with one attached hydrogen (secondary N) is 1. The van der Waals surface area contributed by atoms with Gasteiger partial charge in [-0.3, -0.25) is 4.90 Å². The SMILES string of the molecule is CCC1CCN(CCOC)C1.CN(C(=O)OC(C)(C)C)C1CCNC1.COCCBr.COCCN1CCC(N(C)C(=O)OC(C)(C)C)C1. The van der Waals surface area contributed by atoms with Gasteiger partial charge in [-0.05, 0) is 79.8 Å². The molecule has 0 aliphatic carbocycles. The predicted molar refractivity (Wildman–Crippen MR) is 198 cm³/mol. The maximum absolute atomic E-state index is 11.9. The van der Waals surface area contributed by atoms with Gasteiger partial charge in [-0.2, -0.15) is 0 Å². The highest BCUT2D eigenvalue weighted by molar-refractivity contribution is 9.09. The first-order valence-electron chi connectivity index (χ1n) is 17.6. The molecule has 0 aromatic rings. The largest absolute Gasteiger partial charge is 0.444 e. The number of amides is 2. The van der Waals surface area contributed by atoms with Crippen LogP contribution in [0.4, 0.5) is 9.59 Å².